The lowest BCUT2D eigenvalue weighted by Crippen LogP contribution is -2.52. The van der Waals surface area contributed by atoms with Crippen LogP contribution in [0.1, 0.15) is 48.5 Å². The van der Waals surface area contributed by atoms with Crippen molar-refractivity contribution in [3.8, 4) is 11.1 Å². The molecule has 3 aromatic heterocycles. The Kier molecular flexibility index (Phi) is 12.1. The van der Waals surface area contributed by atoms with Gasteiger partial charge in [-0.2, -0.15) is 12.7 Å². The second kappa shape index (κ2) is 17.5. The number of aromatic nitrogens is 3. The summed E-state index contributed by atoms with van der Waals surface area (Å²) in [4.78, 5) is 69.5. The number of carbonyl (C=O) groups excluding carboxylic acids is 4. The predicted octanol–water partition coefficient (Wildman–Crippen LogP) is 4.40. The molecular weight excluding hydrogens is 858 g/mol. The lowest BCUT2D eigenvalue weighted by molar-refractivity contribution is -0.137. The fourth-order valence-electron chi connectivity index (χ4n) is 8.10. The first-order valence-corrected chi connectivity index (χ1v) is 22.1. The van der Waals surface area contributed by atoms with Crippen LogP contribution in [-0.4, -0.2) is 126 Å². The number of rotatable bonds is 12. The van der Waals surface area contributed by atoms with Gasteiger partial charge in [0.15, 0.2) is 5.82 Å². The van der Waals surface area contributed by atoms with Crippen LogP contribution in [0, 0.1) is 17.5 Å². The first-order chi connectivity index (χ1) is 30.5. The van der Waals surface area contributed by atoms with Crippen molar-refractivity contribution in [2.45, 2.75) is 38.2 Å². The van der Waals surface area contributed by atoms with Gasteiger partial charge in [0.1, 0.15) is 23.1 Å². The molecule has 17 nitrogen and oxygen atoms in total. The van der Waals surface area contributed by atoms with Gasteiger partial charge in [-0.25, -0.2) is 27.9 Å². The van der Waals surface area contributed by atoms with Crippen LogP contribution in [-0.2, 0) is 19.8 Å². The maximum atomic E-state index is 15.6. The fraction of sp³-hybridized carbons (Fsp3) is 0.349. The van der Waals surface area contributed by atoms with Crippen molar-refractivity contribution in [2.24, 2.45) is 0 Å². The molecule has 0 spiro atoms. The normalized spacial score (nSPS) is 17.0. The number of aliphatic hydroxyl groups is 1. The van der Waals surface area contributed by atoms with Gasteiger partial charge in [-0.15, -0.1) is 0 Å². The summed E-state index contributed by atoms with van der Waals surface area (Å²) < 4.78 is 74.0. The molecule has 0 radical (unpaired) electrons. The number of imide groups is 1. The topological polar surface area (TPSA) is 204 Å². The standard InChI is InChI=1S/C43H45F3N10O7S/c1-3-52(2)64(62,63)51-33-7-6-31(44)38(39(33)46)40(59)30-25-49-41-29(30)20-27(24-48-41)26-4-9-35(47-23-26)54-16-18-55(19-17-54)37(58)22-43(61)11-14-53(15-12-43)34-8-5-28(21-32(34)45)56-13-10-36(57)50-42(56)60/h4-9,20-21,23-25,51,61H,3,10-19,22H2,1-2H3,(H,48,49)(H,50,57,60). The summed E-state index contributed by atoms with van der Waals surface area (Å²) in [7, 11) is -2.88. The maximum absolute atomic E-state index is 15.6. The summed E-state index contributed by atoms with van der Waals surface area (Å²) in [6, 6.07) is 10.9. The number of nitrogens with one attached hydrogen (secondary N) is 3. The lowest BCUT2D eigenvalue weighted by Gasteiger charge is -2.41. The van der Waals surface area contributed by atoms with Crippen LogP contribution < -0.4 is 24.7 Å². The molecule has 336 valence electrons. The van der Waals surface area contributed by atoms with Crippen LogP contribution >= 0.6 is 0 Å². The Hall–Kier alpha value is -6.58. The number of amides is 4. The number of carbonyl (C=O) groups is 4. The number of anilines is 4. The second-order valence-electron chi connectivity index (χ2n) is 16.0. The summed E-state index contributed by atoms with van der Waals surface area (Å²) in [5, 5.41) is 13.9. The molecule has 21 heteroatoms. The van der Waals surface area contributed by atoms with Gasteiger partial charge in [-0.1, -0.05) is 6.92 Å². The number of ketones is 1. The molecule has 0 saturated carbocycles. The quantitative estimate of drug-likeness (QED) is 0.129. The third-order valence-corrected chi connectivity index (χ3v) is 13.6. The zero-order chi connectivity index (χ0) is 45.5. The fourth-order valence-corrected chi connectivity index (χ4v) is 9.03. The van der Waals surface area contributed by atoms with Crippen molar-refractivity contribution in [3.05, 3.63) is 95.7 Å². The van der Waals surface area contributed by atoms with Crippen molar-refractivity contribution in [1.82, 2.24) is 29.5 Å². The number of piperazine rings is 1. The molecule has 3 aliphatic heterocycles. The molecule has 2 aromatic carbocycles. The number of urea groups is 1. The molecule has 0 atom stereocenters. The highest BCUT2D eigenvalue weighted by Crippen LogP contribution is 2.34. The van der Waals surface area contributed by atoms with E-state index in [1.54, 1.807) is 47.3 Å². The molecule has 3 fully saturated rings. The molecule has 0 bridgehead atoms. The molecule has 5 aromatic rings. The Balaban J connectivity index is 0.862. The van der Waals surface area contributed by atoms with E-state index in [2.05, 4.69) is 25.0 Å². The van der Waals surface area contributed by atoms with Gasteiger partial charge < -0.3 is 24.8 Å². The van der Waals surface area contributed by atoms with Crippen molar-refractivity contribution >= 4 is 67.8 Å². The SMILES string of the molecule is CCN(C)S(=O)(=O)Nc1ccc(F)c(C(=O)c2c[nH]c3ncc(-c4ccc(N5CCN(C(=O)CC6(O)CCN(c7ccc(N8CCC(=O)NC8=O)cc7F)CC6)CC5)nc4)cc23)c1F. The van der Waals surface area contributed by atoms with Crippen LogP contribution in [0.15, 0.2) is 67.1 Å². The molecule has 3 aliphatic rings. The maximum Gasteiger partial charge on any atom is 0.328 e. The molecular formula is C43H45F3N10O7S. The molecule has 6 heterocycles. The summed E-state index contributed by atoms with van der Waals surface area (Å²) in [6.07, 6.45) is 5.04. The van der Waals surface area contributed by atoms with E-state index < -0.39 is 56.3 Å². The number of H-pyrrole nitrogens is 1. The Morgan fingerprint density at radius 2 is 1.62 bits per heavy atom. The molecule has 8 rings (SSSR count). The van der Waals surface area contributed by atoms with Gasteiger partial charge in [0.05, 0.1) is 29.0 Å². The van der Waals surface area contributed by atoms with Gasteiger partial charge in [0.25, 0.3) is 0 Å². The Morgan fingerprint density at radius 1 is 0.891 bits per heavy atom. The van der Waals surface area contributed by atoms with Crippen LogP contribution in [0.25, 0.3) is 22.2 Å². The Labute approximate surface area is 366 Å². The van der Waals surface area contributed by atoms with Crippen molar-refractivity contribution in [3.63, 3.8) is 0 Å². The predicted molar refractivity (Wildman–Crippen MR) is 232 cm³/mol. The number of aromatic amines is 1. The highest BCUT2D eigenvalue weighted by atomic mass is 32.2. The largest absolute Gasteiger partial charge is 0.389 e. The monoisotopic (exact) mass is 902 g/mol. The van der Waals surface area contributed by atoms with Gasteiger partial charge >= 0.3 is 16.2 Å². The van der Waals surface area contributed by atoms with E-state index in [0.717, 1.165) is 16.4 Å². The minimum Gasteiger partial charge on any atom is -0.389 e. The van der Waals surface area contributed by atoms with E-state index in [-0.39, 0.29) is 67.2 Å². The summed E-state index contributed by atoms with van der Waals surface area (Å²) in [5.41, 5.74) is -0.690. The van der Waals surface area contributed by atoms with E-state index in [9.17, 15) is 32.7 Å². The van der Waals surface area contributed by atoms with E-state index in [1.807, 2.05) is 17.0 Å². The van der Waals surface area contributed by atoms with Crippen molar-refractivity contribution in [1.29, 1.82) is 0 Å². The van der Waals surface area contributed by atoms with Crippen LogP contribution in [0.5, 0.6) is 0 Å². The first-order valence-electron chi connectivity index (χ1n) is 20.7. The van der Waals surface area contributed by atoms with E-state index in [4.69, 9.17) is 0 Å². The summed E-state index contributed by atoms with van der Waals surface area (Å²) in [5.74, 6) is -3.97. The third kappa shape index (κ3) is 8.82. The van der Waals surface area contributed by atoms with E-state index >= 15 is 13.2 Å². The summed E-state index contributed by atoms with van der Waals surface area (Å²) in [6.45, 7) is 4.25. The third-order valence-electron chi connectivity index (χ3n) is 12.0. The lowest BCUT2D eigenvalue weighted by atomic mass is 9.87. The molecule has 4 N–H and O–H groups in total. The van der Waals surface area contributed by atoms with Crippen molar-refractivity contribution in [2.75, 3.05) is 78.8 Å². The number of nitrogens with zero attached hydrogens (tertiary/aromatic N) is 7. The van der Waals surface area contributed by atoms with E-state index in [0.29, 0.717) is 67.6 Å². The van der Waals surface area contributed by atoms with E-state index in [1.165, 1.54) is 24.2 Å². The van der Waals surface area contributed by atoms with Crippen molar-refractivity contribution < 1.29 is 45.9 Å². The van der Waals surface area contributed by atoms with Gasteiger partial charge in [0, 0.05) is 112 Å². The number of hydrogen-bond donors (Lipinski definition) is 4. The zero-order valence-electron chi connectivity index (χ0n) is 34.9. The van der Waals surface area contributed by atoms with Crippen LogP contribution in [0.2, 0.25) is 0 Å². The second-order valence-corrected chi connectivity index (χ2v) is 17.8. The number of fused-ring (bicyclic) bond motifs is 1. The highest BCUT2D eigenvalue weighted by molar-refractivity contribution is 7.90. The van der Waals surface area contributed by atoms with Crippen LogP contribution in [0.4, 0.5) is 40.8 Å². The zero-order valence-corrected chi connectivity index (χ0v) is 35.7. The average Bonchev–Trinajstić information content (AvgIpc) is 3.71. The average molecular weight is 903 g/mol. The molecule has 0 aliphatic carbocycles. The number of halogens is 3. The first kappa shape index (κ1) is 44.0. The number of hydrogen-bond acceptors (Lipinski definition) is 11. The minimum absolute atomic E-state index is 0.0699. The van der Waals surface area contributed by atoms with Gasteiger partial charge in [-0.05, 0) is 61.4 Å². The molecule has 64 heavy (non-hydrogen) atoms. The Morgan fingerprint density at radius 3 is 2.30 bits per heavy atom. The Bertz CT molecular complexity index is 2760. The smallest absolute Gasteiger partial charge is 0.328 e. The minimum atomic E-state index is -4.17. The number of benzene rings is 2. The molecule has 4 amide bonds. The van der Waals surface area contributed by atoms with Gasteiger partial charge in [0.2, 0.25) is 17.6 Å². The number of piperidine rings is 1. The molecule has 3 saturated heterocycles. The number of pyridine rings is 2. The van der Waals surface area contributed by atoms with Gasteiger partial charge in [-0.3, -0.25) is 29.3 Å². The van der Waals surface area contributed by atoms with Crippen LogP contribution in [0.3, 0.4) is 0 Å². The highest BCUT2D eigenvalue weighted by Gasteiger charge is 2.37. The molecule has 0 unspecified atom stereocenters. The summed E-state index contributed by atoms with van der Waals surface area (Å²) >= 11 is 0.